The molecule has 0 N–H and O–H groups in total. The lowest BCUT2D eigenvalue weighted by atomic mass is 10.1. The Balaban J connectivity index is 3.12. The maximum atomic E-state index is 12.9. The number of aryl methyl sites for hydroxylation is 1. The first kappa shape index (κ1) is 16.4. The number of hydrogen-bond donors (Lipinski definition) is 0. The Hall–Kier alpha value is -1.68. The minimum Gasteiger partial charge on any atom is -0.465 e. The summed E-state index contributed by atoms with van der Waals surface area (Å²) in [5, 5.41) is 8.55. The van der Waals surface area contributed by atoms with Gasteiger partial charge in [-0.05, 0) is 26.8 Å². The highest BCUT2D eigenvalue weighted by Crippen LogP contribution is 2.32. The van der Waals surface area contributed by atoms with Crippen LogP contribution in [-0.4, -0.2) is 22.8 Å². The number of ether oxygens (including phenoxy) is 1. The van der Waals surface area contributed by atoms with E-state index in [1.807, 2.05) is 0 Å². The lowest BCUT2D eigenvalue weighted by Gasteiger charge is -2.13. The molecule has 0 amide bonds. The molecule has 0 spiro atoms. The highest BCUT2D eigenvalue weighted by Gasteiger charge is 2.23. The Labute approximate surface area is 120 Å². The van der Waals surface area contributed by atoms with Crippen LogP contribution in [0.15, 0.2) is 11.1 Å². The summed E-state index contributed by atoms with van der Waals surface area (Å²) < 4.78 is 30.7. The molecule has 4 nitrogen and oxygen atoms in total. The number of carbonyl (C=O) groups excluding carboxylic acids is 1. The van der Waals surface area contributed by atoms with E-state index in [0.29, 0.717) is 5.69 Å². The van der Waals surface area contributed by atoms with Crippen LogP contribution in [0.5, 0.6) is 0 Å². The fourth-order valence-electron chi connectivity index (χ4n) is 1.51. The fourth-order valence-corrected chi connectivity index (χ4v) is 2.49. The second-order valence-corrected chi connectivity index (χ2v) is 5.29. The molecule has 1 atom stereocenters. The lowest BCUT2D eigenvalue weighted by Crippen LogP contribution is -2.17. The van der Waals surface area contributed by atoms with Crippen LogP contribution < -0.4 is 0 Å². The van der Waals surface area contributed by atoms with Gasteiger partial charge >= 0.3 is 5.97 Å². The molecule has 1 unspecified atom stereocenters. The summed E-state index contributed by atoms with van der Waals surface area (Å²) in [6, 6.07) is 2.92. The van der Waals surface area contributed by atoms with Crippen LogP contribution >= 0.6 is 11.8 Å². The first-order chi connectivity index (χ1) is 9.40. The highest BCUT2D eigenvalue weighted by atomic mass is 32.2. The van der Waals surface area contributed by atoms with Gasteiger partial charge in [0.1, 0.15) is 16.3 Å². The molecule has 0 aliphatic rings. The van der Waals surface area contributed by atoms with E-state index in [9.17, 15) is 13.6 Å². The molecule has 0 saturated carbocycles. The quantitative estimate of drug-likeness (QED) is 0.617. The molecule has 1 rings (SSSR count). The van der Waals surface area contributed by atoms with E-state index in [4.69, 9.17) is 10.00 Å². The zero-order valence-electron chi connectivity index (χ0n) is 11.3. The third-order valence-electron chi connectivity index (χ3n) is 2.40. The maximum absolute atomic E-state index is 12.9. The summed E-state index contributed by atoms with van der Waals surface area (Å²) in [5.74, 6) is -0.469. The van der Waals surface area contributed by atoms with Crippen LogP contribution in [0.2, 0.25) is 0 Å². The van der Waals surface area contributed by atoms with Crippen LogP contribution in [0.3, 0.4) is 0 Å². The second kappa shape index (κ2) is 7.20. The van der Waals surface area contributed by atoms with E-state index in [1.54, 1.807) is 26.8 Å². The molecule has 1 aromatic heterocycles. The van der Waals surface area contributed by atoms with Crippen LogP contribution in [0.25, 0.3) is 0 Å². The number of carbonyl (C=O) groups is 1. The van der Waals surface area contributed by atoms with Gasteiger partial charge in [0, 0.05) is 11.3 Å². The molecule has 0 bridgehead atoms. The number of halogens is 2. The molecule has 7 heteroatoms. The Morgan fingerprint density at radius 2 is 2.25 bits per heavy atom. The standard InChI is InChI=1S/C13H14F2N2O2S/c1-4-19-13(18)8(3)20-12-10(6-16)9(11(14)15)5-7(2)17-12/h5,8,11H,4H2,1-3H3. The van der Waals surface area contributed by atoms with Gasteiger partial charge in [-0.2, -0.15) is 5.26 Å². The third-order valence-corrected chi connectivity index (χ3v) is 3.46. The molecule has 0 aliphatic heterocycles. The Morgan fingerprint density at radius 1 is 1.60 bits per heavy atom. The van der Waals surface area contributed by atoms with E-state index in [1.165, 1.54) is 6.07 Å². The predicted octanol–water partition coefficient (Wildman–Crippen LogP) is 3.24. The number of thioether (sulfide) groups is 1. The van der Waals surface area contributed by atoms with Crippen LogP contribution in [0.4, 0.5) is 8.78 Å². The van der Waals surface area contributed by atoms with Crippen LogP contribution in [0.1, 0.15) is 37.1 Å². The van der Waals surface area contributed by atoms with Crippen molar-refractivity contribution in [3.05, 3.63) is 22.9 Å². The zero-order valence-corrected chi connectivity index (χ0v) is 12.1. The number of nitrogens with zero attached hydrogens (tertiary/aromatic N) is 2. The summed E-state index contributed by atoms with van der Waals surface area (Å²) >= 11 is 0.947. The van der Waals surface area contributed by atoms with Crippen molar-refractivity contribution >= 4 is 17.7 Å². The van der Waals surface area contributed by atoms with Gasteiger partial charge in [0.25, 0.3) is 6.43 Å². The fraction of sp³-hybridized carbons (Fsp3) is 0.462. The van der Waals surface area contributed by atoms with Gasteiger partial charge in [0.05, 0.1) is 12.2 Å². The topological polar surface area (TPSA) is 63.0 Å². The molecular formula is C13H14F2N2O2S. The second-order valence-electron chi connectivity index (χ2n) is 3.96. The van der Waals surface area contributed by atoms with Gasteiger partial charge in [-0.1, -0.05) is 11.8 Å². The van der Waals surface area contributed by atoms with Crippen molar-refractivity contribution in [2.75, 3.05) is 6.61 Å². The van der Waals surface area contributed by atoms with Gasteiger partial charge < -0.3 is 4.74 Å². The van der Waals surface area contributed by atoms with Crippen molar-refractivity contribution in [1.29, 1.82) is 5.26 Å². The Morgan fingerprint density at radius 3 is 2.75 bits per heavy atom. The van der Waals surface area contributed by atoms with Crippen molar-refractivity contribution in [3.8, 4) is 6.07 Å². The monoisotopic (exact) mass is 300 g/mol. The third kappa shape index (κ3) is 3.90. The number of pyridine rings is 1. The molecule has 0 fully saturated rings. The molecule has 1 aromatic rings. The molecule has 0 aliphatic carbocycles. The van der Waals surface area contributed by atoms with Crippen LogP contribution in [-0.2, 0) is 9.53 Å². The maximum Gasteiger partial charge on any atom is 0.319 e. The number of aromatic nitrogens is 1. The van der Waals surface area contributed by atoms with Crippen molar-refractivity contribution < 1.29 is 18.3 Å². The first-order valence-electron chi connectivity index (χ1n) is 5.93. The van der Waals surface area contributed by atoms with Crippen LogP contribution in [0, 0.1) is 18.3 Å². The van der Waals surface area contributed by atoms with Gasteiger partial charge in [0.2, 0.25) is 0 Å². The molecular weight excluding hydrogens is 286 g/mol. The van der Waals surface area contributed by atoms with Crippen molar-refractivity contribution in [1.82, 2.24) is 4.98 Å². The smallest absolute Gasteiger partial charge is 0.319 e. The molecule has 108 valence electrons. The molecule has 1 heterocycles. The Bertz CT molecular complexity index is 544. The number of alkyl halides is 2. The number of hydrogen-bond acceptors (Lipinski definition) is 5. The predicted molar refractivity (Wildman–Crippen MR) is 70.6 cm³/mol. The molecule has 0 aromatic carbocycles. The average Bonchev–Trinajstić information content (AvgIpc) is 2.38. The Kier molecular flexibility index (Phi) is 5.89. The summed E-state index contributed by atoms with van der Waals surface area (Å²) in [6.45, 7) is 5.05. The van der Waals surface area contributed by atoms with E-state index in [0.717, 1.165) is 11.8 Å². The number of esters is 1. The van der Waals surface area contributed by atoms with E-state index in [-0.39, 0.29) is 22.8 Å². The minimum absolute atomic E-state index is 0.128. The average molecular weight is 300 g/mol. The van der Waals surface area contributed by atoms with Crippen molar-refractivity contribution in [2.45, 2.75) is 37.5 Å². The summed E-state index contributed by atoms with van der Waals surface area (Å²) in [6.07, 6.45) is -2.76. The minimum atomic E-state index is -2.76. The molecule has 0 saturated heterocycles. The summed E-state index contributed by atoms with van der Waals surface area (Å²) in [5.41, 5.74) is -0.178. The number of rotatable bonds is 5. The molecule has 20 heavy (non-hydrogen) atoms. The van der Waals surface area contributed by atoms with Crippen molar-refractivity contribution in [3.63, 3.8) is 0 Å². The number of nitriles is 1. The van der Waals surface area contributed by atoms with E-state index < -0.39 is 17.6 Å². The van der Waals surface area contributed by atoms with Gasteiger partial charge in [-0.25, -0.2) is 13.8 Å². The normalized spacial score (nSPS) is 12.1. The van der Waals surface area contributed by atoms with Crippen molar-refractivity contribution in [2.24, 2.45) is 0 Å². The molecule has 0 radical (unpaired) electrons. The summed E-state index contributed by atoms with van der Waals surface area (Å²) in [4.78, 5) is 15.6. The zero-order chi connectivity index (χ0) is 15.3. The van der Waals surface area contributed by atoms with Gasteiger partial charge in [-0.15, -0.1) is 0 Å². The lowest BCUT2D eigenvalue weighted by molar-refractivity contribution is -0.142. The van der Waals surface area contributed by atoms with Gasteiger partial charge in [0.15, 0.2) is 0 Å². The SMILES string of the molecule is CCOC(=O)C(C)Sc1nc(C)cc(C(F)F)c1C#N. The first-order valence-corrected chi connectivity index (χ1v) is 6.81. The van der Waals surface area contributed by atoms with E-state index >= 15 is 0 Å². The summed E-state index contributed by atoms with van der Waals surface area (Å²) in [7, 11) is 0. The van der Waals surface area contributed by atoms with Gasteiger partial charge in [-0.3, -0.25) is 4.79 Å². The largest absolute Gasteiger partial charge is 0.465 e. The highest BCUT2D eigenvalue weighted by molar-refractivity contribution is 8.00. The van der Waals surface area contributed by atoms with E-state index in [2.05, 4.69) is 4.98 Å².